The molecule has 0 fully saturated rings. The van der Waals surface area contributed by atoms with Crippen molar-refractivity contribution in [3.8, 4) is 22.4 Å². The van der Waals surface area contributed by atoms with Gasteiger partial charge in [-0.25, -0.2) is 4.98 Å². The quantitative estimate of drug-likeness (QED) is 0.267. The molecule has 9 heteroatoms. The lowest BCUT2D eigenvalue weighted by atomic mass is 10.0. The maximum Gasteiger partial charge on any atom is 0.300 e. The van der Waals surface area contributed by atoms with Crippen molar-refractivity contribution in [1.82, 2.24) is 25.0 Å². The Labute approximate surface area is 231 Å². The Bertz CT molecular complexity index is 1700. The van der Waals surface area contributed by atoms with E-state index in [1.165, 1.54) is 10.9 Å². The molecule has 0 bridgehead atoms. The van der Waals surface area contributed by atoms with Crippen LogP contribution in [0.1, 0.15) is 31.0 Å². The van der Waals surface area contributed by atoms with Gasteiger partial charge in [0.15, 0.2) is 0 Å². The average Bonchev–Trinajstić information content (AvgIpc) is 3.62. The van der Waals surface area contributed by atoms with Crippen molar-refractivity contribution < 1.29 is 9.90 Å². The zero-order chi connectivity index (χ0) is 27.5. The molecular weight excluding hydrogens is 502 g/mol. The Morgan fingerprint density at radius 2 is 1.45 bits per heavy atom. The SMILES string of the molecule is CC(=O)O.c1cc2cc(-c3ccc(-c4ccc5nc(C6=NCCCN6)cn5c4)cc3)[nH]c2cc1C1=NCCCN1. The van der Waals surface area contributed by atoms with Gasteiger partial charge in [0.05, 0.1) is 0 Å². The lowest BCUT2D eigenvalue weighted by molar-refractivity contribution is -0.134. The molecule has 0 saturated carbocycles. The highest BCUT2D eigenvalue weighted by molar-refractivity contribution is 6.02. The summed E-state index contributed by atoms with van der Waals surface area (Å²) in [6.07, 6.45) is 6.36. The minimum Gasteiger partial charge on any atom is -0.481 e. The summed E-state index contributed by atoms with van der Waals surface area (Å²) in [5, 5.41) is 15.4. The summed E-state index contributed by atoms with van der Waals surface area (Å²) in [6, 6.07) is 21.6. The molecule has 0 unspecified atom stereocenters. The predicted octanol–water partition coefficient (Wildman–Crippen LogP) is 4.72. The van der Waals surface area contributed by atoms with Crippen LogP contribution in [0.4, 0.5) is 0 Å². The highest BCUT2D eigenvalue weighted by Crippen LogP contribution is 2.28. The molecule has 3 aromatic heterocycles. The third-order valence-electron chi connectivity index (χ3n) is 6.91. The van der Waals surface area contributed by atoms with E-state index in [-0.39, 0.29) is 0 Å². The highest BCUT2D eigenvalue weighted by Gasteiger charge is 2.13. The summed E-state index contributed by atoms with van der Waals surface area (Å²) < 4.78 is 2.08. The minimum atomic E-state index is -0.833. The molecule has 202 valence electrons. The number of nitrogens with zero attached hydrogens (tertiary/aromatic N) is 4. The lowest BCUT2D eigenvalue weighted by Gasteiger charge is -2.14. The smallest absolute Gasteiger partial charge is 0.300 e. The van der Waals surface area contributed by atoms with E-state index in [1.807, 2.05) is 0 Å². The first-order valence-corrected chi connectivity index (χ1v) is 13.5. The van der Waals surface area contributed by atoms with Gasteiger partial charge in [0.25, 0.3) is 5.97 Å². The van der Waals surface area contributed by atoms with Gasteiger partial charge in [0.1, 0.15) is 23.0 Å². The number of benzene rings is 2. The van der Waals surface area contributed by atoms with Gasteiger partial charge < -0.3 is 25.1 Å². The molecule has 4 N–H and O–H groups in total. The van der Waals surface area contributed by atoms with Crippen LogP contribution in [-0.2, 0) is 4.79 Å². The lowest BCUT2D eigenvalue weighted by Crippen LogP contribution is -2.30. The van der Waals surface area contributed by atoms with E-state index in [4.69, 9.17) is 14.9 Å². The van der Waals surface area contributed by atoms with Gasteiger partial charge in [0.2, 0.25) is 0 Å². The zero-order valence-electron chi connectivity index (χ0n) is 22.3. The summed E-state index contributed by atoms with van der Waals surface area (Å²) in [5.74, 6) is 1.05. The number of imidazole rings is 1. The number of aromatic nitrogens is 3. The summed E-state index contributed by atoms with van der Waals surface area (Å²) in [6.45, 7) is 4.77. The van der Waals surface area contributed by atoms with Crippen molar-refractivity contribution in [3.05, 3.63) is 84.3 Å². The van der Waals surface area contributed by atoms with Gasteiger partial charge in [-0.2, -0.15) is 0 Å². The highest BCUT2D eigenvalue weighted by atomic mass is 16.4. The Morgan fingerprint density at radius 1 is 0.800 bits per heavy atom. The van der Waals surface area contributed by atoms with Crippen LogP contribution in [-0.4, -0.2) is 63.3 Å². The predicted molar refractivity (Wildman–Crippen MR) is 159 cm³/mol. The van der Waals surface area contributed by atoms with E-state index in [0.29, 0.717) is 0 Å². The van der Waals surface area contributed by atoms with E-state index in [1.54, 1.807) is 0 Å². The van der Waals surface area contributed by atoms with Crippen molar-refractivity contribution in [2.24, 2.45) is 9.98 Å². The standard InChI is InChI=1S/C29H27N7.C2H4O2/c1-11-30-28(31-12-1)22-8-7-21-15-24(34-25(21)16-22)20-5-3-19(4-6-20)23-9-10-27-35-26(18-36(27)17-23)29-32-13-2-14-33-29;1-2(3)4/h3-10,15-18,34H,1-2,11-14H2,(H,30,31)(H,32,33);1H3,(H,3,4). The number of hydrogen-bond donors (Lipinski definition) is 4. The molecule has 5 aromatic rings. The van der Waals surface area contributed by atoms with Gasteiger partial charge in [-0.15, -0.1) is 0 Å². The first kappa shape index (κ1) is 25.4. The van der Waals surface area contributed by atoms with Crippen molar-refractivity contribution in [1.29, 1.82) is 0 Å². The van der Waals surface area contributed by atoms with Crippen molar-refractivity contribution in [2.45, 2.75) is 19.8 Å². The van der Waals surface area contributed by atoms with Crippen molar-refractivity contribution >= 4 is 34.2 Å². The number of amidine groups is 2. The molecule has 0 aliphatic carbocycles. The largest absolute Gasteiger partial charge is 0.481 e. The molecule has 0 radical (unpaired) electrons. The Morgan fingerprint density at radius 3 is 2.15 bits per heavy atom. The van der Waals surface area contributed by atoms with E-state index in [9.17, 15) is 0 Å². The zero-order valence-corrected chi connectivity index (χ0v) is 22.3. The van der Waals surface area contributed by atoms with Gasteiger partial charge in [-0.1, -0.05) is 36.4 Å². The van der Waals surface area contributed by atoms with Crippen LogP contribution < -0.4 is 10.6 Å². The number of aliphatic imine (C=N–C) groups is 2. The van der Waals surface area contributed by atoms with Crippen LogP contribution in [0.15, 0.2) is 83.0 Å². The number of pyridine rings is 1. The monoisotopic (exact) mass is 533 g/mol. The molecule has 9 nitrogen and oxygen atoms in total. The molecule has 7 rings (SSSR count). The van der Waals surface area contributed by atoms with Gasteiger partial charge in [0, 0.05) is 67.7 Å². The fourth-order valence-electron chi connectivity index (χ4n) is 4.98. The third kappa shape index (κ3) is 5.44. The summed E-state index contributed by atoms with van der Waals surface area (Å²) >= 11 is 0. The molecule has 0 saturated heterocycles. The van der Waals surface area contributed by atoms with Crippen LogP contribution in [0, 0.1) is 0 Å². The van der Waals surface area contributed by atoms with Crippen LogP contribution in [0.25, 0.3) is 38.9 Å². The average molecular weight is 534 g/mol. The van der Waals surface area contributed by atoms with Crippen LogP contribution in [0.5, 0.6) is 0 Å². The number of fused-ring (bicyclic) bond motifs is 2. The molecule has 40 heavy (non-hydrogen) atoms. The van der Waals surface area contributed by atoms with Crippen molar-refractivity contribution in [2.75, 3.05) is 26.2 Å². The number of rotatable bonds is 4. The fraction of sp³-hybridized carbons (Fsp3) is 0.226. The first-order valence-electron chi connectivity index (χ1n) is 13.5. The number of nitrogens with one attached hydrogen (secondary N) is 3. The maximum absolute atomic E-state index is 9.00. The maximum atomic E-state index is 9.00. The number of aliphatic carboxylic acids is 1. The number of carboxylic acids is 1. The molecule has 2 aliphatic rings. The van der Waals surface area contributed by atoms with E-state index in [0.717, 1.165) is 96.9 Å². The summed E-state index contributed by atoms with van der Waals surface area (Å²) in [7, 11) is 0. The summed E-state index contributed by atoms with van der Waals surface area (Å²) in [5.41, 5.74) is 8.68. The minimum absolute atomic E-state index is 0.833. The normalized spacial score (nSPS) is 14.9. The van der Waals surface area contributed by atoms with Crippen molar-refractivity contribution in [3.63, 3.8) is 0 Å². The molecule has 5 heterocycles. The van der Waals surface area contributed by atoms with E-state index < -0.39 is 5.97 Å². The number of aromatic amines is 1. The van der Waals surface area contributed by atoms with E-state index in [2.05, 4.69) is 103 Å². The number of H-pyrrole nitrogens is 1. The van der Waals surface area contributed by atoms with Gasteiger partial charge >= 0.3 is 0 Å². The molecule has 0 amide bonds. The molecule has 0 atom stereocenters. The van der Waals surface area contributed by atoms with Crippen LogP contribution >= 0.6 is 0 Å². The molecule has 2 aliphatic heterocycles. The molecular formula is C31H31N7O2. The molecule has 2 aromatic carbocycles. The molecule has 0 spiro atoms. The second-order valence-corrected chi connectivity index (χ2v) is 9.91. The second-order valence-electron chi connectivity index (χ2n) is 9.91. The van der Waals surface area contributed by atoms with E-state index >= 15 is 0 Å². The second kappa shape index (κ2) is 11.1. The Balaban J connectivity index is 0.000000680. The Hall–Kier alpha value is -4.92. The topological polar surface area (TPSA) is 119 Å². The first-order chi connectivity index (χ1) is 19.5. The Kier molecular flexibility index (Phi) is 7.01. The third-order valence-corrected chi connectivity index (χ3v) is 6.91. The fourth-order valence-corrected chi connectivity index (χ4v) is 4.98. The summed E-state index contributed by atoms with van der Waals surface area (Å²) in [4.78, 5) is 26.5. The number of hydrogen-bond acceptors (Lipinski definition) is 6. The van der Waals surface area contributed by atoms with Crippen LogP contribution in [0.3, 0.4) is 0 Å². The van der Waals surface area contributed by atoms with Gasteiger partial charge in [-0.3, -0.25) is 14.8 Å². The van der Waals surface area contributed by atoms with Gasteiger partial charge in [-0.05, 0) is 53.8 Å². The number of carboxylic acid groups (broad SMARTS) is 1. The number of carbonyl (C=O) groups is 1. The van der Waals surface area contributed by atoms with Crippen LogP contribution in [0.2, 0.25) is 0 Å².